The summed E-state index contributed by atoms with van der Waals surface area (Å²) in [6.45, 7) is 9.68. The van der Waals surface area contributed by atoms with Gasteiger partial charge < -0.3 is 9.80 Å². The fourth-order valence-electron chi connectivity index (χ4n) is 2.59. The first-order valence-corrected chi connectivity index (χ1v) is 7.58. The Bertz CT molecular complexity index is 469. The lowest BCUT2D eigenvalue weighted by Crippen LogP contribution is -2.29. The van der Waals surface area contributed by atoms with Gasteiger partial charge >= 0.3 is 0 Å². The zero-order valence-electron chi connectivity index (χ0n) is 13.1. The zero-order chi connectivity index (χ0) is 14.9. The Balaban J connectivity index is 2.13. The van der Waals surface area contributed by atoms with Crippen LogP contribution in [-0.2, 0) is 5.41 Å². The summed E-state index contributed by atoms with van der Waals surface area (Å²) in [6.07, 6.45) is 1.26. The first-order valence-electron chi connectivity index (χ1n) is 7.20. The van der Waals surface area contributed by atoms with Crippen molar-refractivity contribution in [1.29, 1.82) is 0 Å². The first kappa shape index (κ1) is 15.5. The molecule has 5 heteroatoms. The van der Waals surface area contributed by atoms with Gasteiger partial charge in [0, 0.05) is 31.6 Å². The Hall–Kier alpha value is -0.870. The summed E-state index contributed by atoms with van der Waals surface area (Å²) in [6, 6.07) is 1.86. The average Bonchev–Trinajstić information content (AvgIpc) is 2.72. The number of anilines is 1. The third kappa shape index (κ3) is 3.83. The standard InChI is InChI=1S/C15H25ClN4/c1-15(2,3)14-17-12(16)8-13(18-14)20(5)10-11-6-7-19(4)9-11/h8,11H,6-7,9-10H2,1-5H3. The SMILES string of the molecule is CN1CCC(CN(C)c2cc(Cl)nc(C(C)(C)C)n2)C1. The number of hydrogen-bond acceptors (Lipinski definition) is 4. The fraction of sp³-hybridized carbons (Fsp3) is 0.733. The van der Waals surface area contributed by atoms with E-state index in [2.05, 4.69) is 54.6 Å². The molecule has 2 heterocycles. The lowest BCUT2D eigenvalue weighted by Gasteiger charge is -2.24. The Morgan fingerprint density at radius 2 is 2.10 bits per heavy atom. The van der Waals surface area contributed by atoms with E-state index in [9.17, 15) is 0 Å². The van der Waals surface area contributed by atoms with E-state index in [1.54, 1.807) is 0 Å². The molecule has 1 aliphatic heterocycles. The molecular formula is C15H25ClN4. The van der Waals surface area contributed by atoms with Gasteiger partial charge in [-0.1, -0.05) is 32.4 Å². The van der Waals surface area contributed by atoms with E-state index < -0.39 is 0 Å². The van der Waals surface area contributed by atoms with Gasteiger partial charge in [0.25, 0.3) is 0 Å². The van der Waals surface area contributed by atoms with Crippen molar-refractivity contribution < 1.29 is 0 Å². The Kier molecular flexibility index (Phi) is 4.55. The Labute approximate surface area is 127 Å². The van der Waals surface area contributed by atoms with Crippen LogP contribution in [0.4, 0.5) is 5.82 Å². The average molecular weight is 297 g/mol. The molecule has 1 aliphatic rings. The van der Waals surface area contributed by atoms with Gasteiger partial charge in [-0.15, -0.1) is 0 Å². The summed E-state index contributed by atoms with van der Waals surface area (Å²) in [4.78, 5) is 13.6. The molecule has 1 aromatic rings. The number of likely N-dealkylation sites (tertiary alicyclic amines) is 1. The van der Waals surface area contributed by atoms with Crippen LogP contribution >= 0.6 is 11.6 Å². The molecule has 0 aromatic carbocycles. The van der Waals surface area contributed by atoms with E-state index in [1.807, 2.05) is 6.07 Å². The van der Waals surface area contributed by atoms with Crippen LogP contribution < -0.4 is 4.90 Å². The molecule has 1 atom stereocenters. The van der Waals surface area contributed by atoms with Crippen LogP contribution in [0.1, 0.15) is 33.0 Å². The molecule has 1 aromatic heterocycles. The monoisotopic (exact) mass is 296 g/mol. The third-order valence-corrected chi connectivity index (χ3v) is 3.96. The highest BCUT2D eigenvalue weighted by Gasteiger charge is 2.23. The summed E-state index contributed by atoms with van der Waals surface area (Å²) in [5.74, 6) is 2.43. The van der Waals surface area contributed by atoms with Crippen LogP contribution in [0.15, 0.2) is 6.07 Å². The van der Waals surface area contributed by atoms with Gasteiger partial charge in [-0.3, -0.25) is 0 Å². The van der Waals surface area contributed by atoms with E-state index in [0.717, 1.165) is 24.7 Å². The van der Waals surface area contributed by atoms with E-state index in [0.29, 0.717) is 11.1 Å². The molecule has 1 fully saturated rings. The van der Waals surface area contributed by atoms with E-state index >= 15 is 0 Å². The minimum atomic E-state index is -0.0892. The second kappa shape index (κ2) is 5.86. The van der Waals surface area contributed by atoms with Crippen LogP contribution in [0.5, 0.6) is 0 Å². The van der Waals surface area contributed by atoms with Gasteiger partial charge in [-0.2, -0.15) is 0 Å². The molecule has 4 nitrogen and oxygen atoms in total. The van der Waals surface area contributed by atoms with Crippen LogP contribution in [0.3, 0.4) is 0 Å². The topological polar surface area (TPSA) is 32.3 Å². The van der Waals surface area contributed by atoms with Crippen molar-refractivity contribution in [2.45, 2.75) is 32.6 Å². The van der Waals surface area contributed by atoms with Crippen molar-refractivity contribution in [2.24, 2.45) is 5.92 Å². The molecule has 1 unspecified atom stereocenters. The highest BCUT2D eigenvalue weighted by molar-refractivity contribution is 6.29. The molecule has 0 saturated carbocycles. The summed E-state index contributed by atoms with van der Waals surface area (Å²) >= 11 is 6.15. The smallest absolute Gasteiger partial charge is 0.137 e. The van der Waals surface area contributed by atoms with Gasteiger partial charge in [-0.25, -0.2) is 9.97 Å². The second-order valence-electron chi connectivity index (χ2n) is 6.92. The van der Waals surface area contributed by atoms with E-state index in [-0.39, 0.29) is 5.41 Å². The van der Waals surface area contributed by atoms with Crippen molar-refractivity contribution in [3.05, 3.63) is 17.0 Å². The molecule has 20 heavy (non-hydrogen) atoms. The molecule has 1 saturated heterocycles. The summed E-state index contributed by atoms with van der Waals surface area (Å²) in [5, 5.41) is 0.523. The lowest BCUT2D eigenvalue weighted by molar-refractivity contribution is 0.395. The fourth-order valence-corrected chi connectivity index (χ4v) is 2.77. The van der Waals surface area contributed by atoms with Crippen molar-refractivity contribution in [3.63, 3.8) is 0 Å². The number of aromatic nitrogens is 2. The van der Waals surface area contributed by atoms with Gasteiger partial charge in [0.1, 0.15) is 16.8 Å². The quantitative estimate of drug-likeness (QED) is 0.803. The molecule has 0 bridgehead atoms. The Morgan fingerprint density at radius 3 is 2.65 bits per heavy atom. The predicted octanol–water partition coefficient (Wildman–Crippen LogP) is 2.82. The highest BCUT2D eigenvalue weighted by Crippen LogP contribution is 2.25. The maximum atomic E-state index is 6.15. The molecule has 0 aliphatic carbocycles. The maximum Gasteiger partial charge on any atom is 0.137 e. The third-order valence-electron chi connectivity index (χ3n) is 3.76. The number of hydrogen-bond donors (Lipinski definition) is 0. The molecule has 112 valence electrons. The largest absolute Gasteiger partial charge is 0.359 e. The van der Waals surface area contributed by atoms with Crippen LogP contribution in [0, 0.1) is 5.92 Å². The molecule has 0 radical (unpaired) electrons. The van der Waals surface area contributed by atoms with Crippen molar-refractivity contribution in [3.8, 4) is 0 Å². The van der Waals surface area contributed by atoms with Gasteiger partial charge in [0.15, 0.2) is 0 Å². The molecule has 2 rings (SSSR count). The molecule has 0 amide bonds. The normalized spacial score (nSPS) is 20.4. The molecule has 0 N–H and O–H groups in total. The minimum absolute atomic E-state index is 0.0892. The number of halogens is 1. The summed E-state index contributed by atoms with van der Waals surface area (Å²) < 4.78 is 0. The zero-order valence-corrected chi connectivity index (χ0v) is 13.9. The molecular weight excluding hydrogens is 272 g/mol. The Morgan fingerprint density at radius 1 is 1.40 bits per heavy atom. The van der Waals surface area contributed by atoms with Gasteiger partial charge in [0.05, 0.1) is 0 Å². The highest BCUT2D eigenvalue weighted by atomic mass is 35.5. The first-order chi connectivity index (χ1) is 9.25. The van der Waals surface area contributed by atoms with Crippen LogP contribution in [-0.4, -0.2) is 48.6 Å². The summed E-state index contributed by atoms with van der Waals surface area (Å²) in [7, 11) is 4.27. The second-order valence-corrected chi connectivity index (χ2v) is 7.31. The van der Waals surface area contributed by atoms with Crippen molar-refractivity contribution in [2.75, 3.05) is 38.6 Å². The van der Waals surface area contributed by atoms with Gasteiger partial charge in [-0.05, 0) is 25.9 Å². The maximum absolute atomic E-state index is 6.15. The minimum Gasteiger partial charge on any atom is -0.359 e. The molecule has 0 spiro atoms. The van der Waals surface area contributed by atoms with Crippen molar-refractivity contribution >= 4 is 17.4 Å². The van der Waals surface area contributed by atoms with Crippen LogP contribution in [0.2, 0.25) is 5.15 Å². The van der Waals surface area contributed by atoms with Gasteiger partial charge in [0.2, 0.25) is 0 Å². The number of rotatable bonds is 3. The van der Waals surface area contributed by atoms with Crippen LogP contribution in [0.25, 0.3) is 0 Å². The van der Waals surface area contributed by atoms with Crippen molar-refractivity contribution in [1.82, 2.24) is 14.9 Å². The summed E-state index contributed by atoms with van der Waals surface area (Å²) in [5.41, 5.74) is -0.0892. The van der Waals surface area contributed by atoms with E-state index in [1.165, 1.54) is 13.0 Å². The predicted molar refractivity (Wildman–Crippen MR) is 84.6 cm³/mol. The van der Waals surface area contributed by atoms with E-state index in [4.69, 9.17) is 11.6 Å². The lowest BCUT2D eigenvalue weighted by atomic mass is 9.96. The number of nitrogens with zero attached hydrogens (tertiary/aromatic N) is 4.